The molecule has 2 aromatic carbocycles. The maximum atomic E-state index is 12.7. The summed E-state index contributed by atoms with van der Waals surface area (Å²) in [6, 6.07) is 30.1. The van der Waals surface area contributed by atoms with Crippen molar-refractivity contribution in [2.75, 3.05) is 32.5 Å². The van der Waals surface area contributed by atoms with E-state index in [2.05, 4.69) is 73.0 Å². The van der Waals surface area contributed by atoms with E-state index in [0.29, 0.717) is 30.0 Å². The van der Waals surface area contributed by atoms with Gasteiger partial charge in [-0.15, -0.1) is 45.3 Å². The molecule has 6 aromatic rings. The lowest BCUT2D eigenvalue weighted by Gasteiger charge is -2.17. The molecule has 0 bridgehead atoms. The van der Waals surface area contributed by atoms with Crippen molar-refractivity contribution in [2.24, 2.45) is 0 Å². The van der Waals surface area contributed by atoms with Gasteiger partial charge in [0.2, 0.25) is 12.1 Å². The fourth-order valence-electron chi connectivity index (χ4n) is 5.16. The molecule has 7 nitrogen and oxygen atoms in total. The van der Waals surface area contributed by atoms with Crippen molar-refractivity contribution >= 4 is 70.3 Å². The van der Waals surface area contributed by atoms with E-state index < -0.39 is 7.80 Å². The molecule has 0 aliphatic rings. The number of carbonyl (C=O) groups excluding carboxylic acids is 2. The highest BCUT2D eigenvalue weighted by molar-refractivity contribution is 7.54. The van der Waals surface area contributed by atoms with Crippen LogP contribution in [0.1, 0.15) is 16.7 Å². The highest BCUT2D eigenvalue weighted by atomic mass is 32.1. The van der Waals surface area contributed by atoms with Gasteiger partial charge in [0.15, 0.2) is 5.30 Å². The SMILES string of the molecule is CC(=O)NCCOc1cc(-c2ccc(-c3ccc(C)s3)s2)c(OCCNC(=O)C[P+](=O)c2ccccc2)cc1-c1ccc(-c2ccc(C)s2)s1. The van der Waals surface area contributed by atoms with Crippen molar-refractivity contribution in [3.05, 3.63) is 101 Å². The lowest BCUT2D eigenvalue weighted by Crippen LogP contribution is -2.30. The van der Waals surface area contributed by atoms with Crippen molar-refractivity contribution in [1.29, 1.82) is 0 Å². The Kier molecular flexibility index (Phi) is 11.9. The minimum Gasteiger partial charge on any atom is -0.491 e. The molecule has 0 saturated carbocycles. The van der Waals surface area contributed by atoms with Crippen LogP contribution in [-0.2, 0) is 14.2 Å². The highest BCUT2D eigenvalue weighted by Gasteiger charge is 2.24. The molecular formula is C38H36N2O5PS4+. The van der Waals surface area contributed by atoms with Crippen molar-refractivity contribution in [2.45, 2.75) is 20.8 Å². The van der Waals surface area contributed by atoms with Crippen LogP contribution >= 0.6 is 53.1 Å². The molecule has 0 radical (unpaired) electrons. The van der Waals surface area contributed by atoms with Crippen LogP contribution in [0.5, 0.6) is 11.5 Å². The van der Waals surface area contributed by atoms with Crippen molar-refractivity contribution < 1.29 is 23.6 Å². The normalized spacial score (nSPS) is 11.3. The lowest BCUT2D eigenvalue weighted by molar-refractivity contribution is -0.119. The van der Waals surface area contributed by atoms with Crippen LogP contribution in [0.3, 0.4) is 0 Å². The van der Waals surface area contributed by atoms with Gasteiger partial charge < -0.3 is 20.1 Å². The molecule has 2 amide bonds. The number of amides is 2. The Morgan fingerprint density at radius 1 is 0.620 bits per heavy atom. The molecule has 256 valence electrons. The van der Waals surface area contributed by atoms with Crippen LogP contribution < -0.4 is 25.4 Å². The molecule has 6 rings (SSSR count). The maximum Gasteiger partial charge on any atom is 0.386 e. The third kappa shape index (κ3) is 9.15. The monoisotopic (exact) mass is 759 g/mol. The number of rotatable bonds is 15. The lowest BCUT2D eigenvalue weighted by atomic mass is 10.1. The third-order valence-electron chi connectivity index (χ3n) is 7.54. The Morgan fingerprint density at radius 2 is 1.08 bits per heavy atom. The number of aryl methyl sites for hydroxylation is 2. The number of hydrogen-bond donors (Lipinski definition) is 2. The average Bonchev–Trinajstić information content (AvgIpc) is 3.93. The quantitative estimate of drug-likeness (QED) is 0.0804. The van der Waals surface area contributed by atoms with Crippen molar-refractivity contribution in [3.63, 3.8) is 0 Å². The van der Waals surface area contributed by atoms with Crippen molar-refractivity contribution in [1.82, 2.24) is 10.6 Å². The Hall–Kier alpha value is -4.12. The zero-order valence-electron chi connectivity index (χ0n) is 27.8. The summed E-state index contributed by atoms with van der Waals surface area (Å²) < 4.78 is 25.5. The van der Waals surface area contributed by atoms with Gasteiger partial charge in [0.05, 0.1) is 13.1 Å². The third-order valence-corrected chi connectivity index (χ3v) is 13.6. The molecular weight excluding hydrogens is 724 g/mol. The number of ether oxygens (including phenoxy) is 2. The summed E-state index contributed by atoms with van der Waals surface area (Å²) in [5, 5.41) is 6.34. The molecule has 0 saturated heterocycles. The van der Waals surface area contributed by atoms with E-state index in [4.69, 9.17) is 9.47 Å². The Balaban J connectivity index is 1.29. The minimum atomic E-state index is -1.82. The van der Waals surface area contributed by atoms with E-state index in [1.807, 2.05) is 30.3 Å². The number of nitrogens with one attached hydrogen (secondary N) is 2. The van der Waals surface area contributed by atoms with Gasteiger partial charge in [-0.2, -0.15) is 0 Å². The van der Waals surface area contributed by atoms with Crippen LogP contribution in [0.15, 0.2) is 91.0 Å². The molecule has 4 aromatic heterocycles. The van der Waals surface area contributed by atoms with E-state index in [1.165, 1.54) is 31.3 Å². The summed E-state index contributed by atoms with van der Waals surface area (Å²) >= 11 is 6.88. The predicted octanol–water partition coefficient (Wildman–Crippen LogP) is 9.38. The molecule has 0 aliphatic heterocycles. The number of hydrogen-bond acceptors (Lipinski definition) is 9. The van der Waals surface area contributed by atoms with Gasteiger partial charge >= 0.3 is 7.80 Å². The van der Waals surface area contributed by atoms with Crippen LogP contribution in [0.4, 0.5) is 0 Å². The zero-order chi connectivity index (χ0) is 35.0. The summed E-state index contributed by atoms with van der Waals surface area (Å²) in [5.41, 5.74) is 1.75. The number of carbonyl (C=O) groups is 2. The Morgan fingerprint density at radius 3 is 1.56 bits per heavy atom. The average molecular weight is 760 g/mol. The summed E-state index contributed by atoms with van der Waals surface area (Å²) in [4.78, 5) is 33.5. The first kappa shape index (κ1) is 35.7. The molecule has 0 fully saturated rings. The predicted molar refractivity (Wildman–Crippen MR) is 210 cm³/mol. The topological polar surface area (TPSA) is 93.7 Å². The number of thiophene rings is 4. The van der Waals surface area contributed by atoms with E-state index in [0.717, 1.165) is 25.8 Å². The van der Waals surface area contributed by atoms with Gasteiger partial charge in [0, 0.05) is 57.1 Å². The summed E-state index contributed by atoms with van der Waals surface area (Å²) in [5.74, 6) is 0.956. The standard InChI is InChI=1S/C38H35N2O5PS4/c1-24-9-11-34(47-24)36-15-13-32(49-36)28-22-31(45-20-18-40-38(42)23-46(43)27-7-5-4-6-8-27)29(21-30(28)44-19-17-39-26(3)41)33-14-16-37(50-33)35-12-10-25(2)48-35/h4-16,21-22H,17-20,23H2,1-3H3,(H-,39,40,41,42)/p+1. The fourth-order valence-corrected chi connectivity index (χ4v) is 10.2. The maximum absolute atomic E-state index is 12.7. The van der Waals surface area contributed by atoms with E-state index in [-0.39, 0.29) is 31.1 Å². The molecule has 2 N–H and O–H groups in total. The second-order valence-corrected chi connectivity index (χ2v) is 17.7. The molecule has 1 unspecified atom stereocenters. The first-order valence-corrected chi connectivity index (χ1v) is 20.7. The van der Waals surface area contributed by atoms with Crippen molar-refractivity contribution in [3.8, 4) is 51.9 Å². The largest absolute Gasteiger partial charge is 0.491 e. The first-order valence-electron chi connectivity index (χ1n) is 16.0. The second kappa shape index (κ2) is 16.7. The van der Waals surface area contributed by atoms with Gasteiger partial charge in [-0.05, 0) is 86.6 Å². The summed E-state index contributed by atoms with van der Waals surface area (Å²) in [6.07, 6.45) is -0.0795. The van der Waals surface area contributed by atoms with E-state index >= 15 is 0 Å². The molecule has 0 spiro atoms. The van der Waals surface area contributed by atoms with Crippen LogP contribution in [0, 0.1) is 13.8 Å². The van der Waals surface area contributed by atoms with Gasteiger partial charge in [0.1, 0.15) is 24.7 Å². The molecule has 12 heteroatoms. The first-order chi connectivity index (χ1) is 24.2. The number of benzene rings is 2. The van der Waals surface area contributed by atoms with E-state index in [1.54, 1.807) is 57.5 Å². The van der Waals surface area contributed by atoms with Crippen LogP contribution in [0.25, 0.3) is 40.4 Å². The summed E-state index contributed by atoms with van der Waals surface area (Å²) in [6.45, 7) is 6.85. The van der Waals surface area contributed by atoms with Crippen LogP contribution in [-0.4, -0.2) is 44.3 Å². The fraction of sp³-hybridized carbons (Fsp3) is 0.211. The molecule has 1 atom stereocenters. The van der Waals surface area contributed by atoms with Crippen LogP contribution in [0.2, 0.25) is 0 Å². The zero-order valence-corrected chi connectivity index (χ0v) is 32.0. The van der Waals surface area contributed by atoms with Gasteiger partial charge in [-0.25, -0.2) is 0 Å². The summed E-state index contributed by atoms with van der Waals surface area (Å²) in [7, 11) is -1.82. The Labute approximate surface area is 308 Å². The van der Waals surface area contributed by atoms with Gasteiger partial charge in [0.25, 0.3) is 5.91 Å². The van der Waals surface area contributed by atoms with Gasteiger partial charge in [-0.3, -0.25) is 9.59 Å². The second-order valence-electron chi connectivity index (χ2n) is 11.4. The van der Waals surface area contributed by atoms with Gasteiger partial charge in [-0.1, -0.05) is 22.8 Å². The molecule has 0 aliphatic carbocycles. The molecule has 50 heavy (non-hydrogen) atoms. The Bertz CT molecular complexity index is 2110. The molecule has 4 heterocycles. The highest BCUT2D eigenvalue weighted by Crippen LogP contribution is 2.47. The smallest absolute Gasteiger partial charge is 0.386 e. The minimum absolute atomic E-state index is 0.0795. The van der Waals surface area contributed by atoms with E-state index in [9.17, 15) is 14.2 Å².